The number of nitrogens with one attached hydrogen (secondary N) is 1. The van der Waals surface area contributed by atoms with Crippen LogP contribution in [0, 0.1) is 11.3 Å². The first-order chi connectivity index (χ1) is 9.19. The SMILES string of the molecule is CC1CCC2(CC1)C(=O)NC(=O)N2CC(C)(C)C(=O)O. The molecule has 2 aliphatic rings. The first-order valence-electron chi connectivity index (χ1n) is 7.05. The van der Waals surface area contributed by atoms with E-state index in [0.717, 1.165) is 12.8 Å². The first-order valence-corrected chi connectivity index (χ1v) is 7.05. The topological polar surface area (TPSA) is 86.7 Å². The van der Waals surface area contributed by atoms with Gasteiger partial charge in [0.25, 0.3) is 5.91 Å². The van der Waals surface area contributed by atoms with Gasteiger partial charge in [-0.25, -0.2) is 4.79 Å². The average molecular weight is 282 g/mol. The van der Waals surface area contributed by atoms with E-state index in [4.69, 9.17) is 0 Å². The van der Waals surface area contributed by atoms with Crippen LogP contribution in [0.1, 0.15) is 46.5 Å². The molecule has 0 radical (unpaired) electrons. The van der Waals surface area contributed by atoms with Crippen LogP contribution >= 0.6 is 0 Å². The smallest absolute Gasteiger partial charge is 0.325 e. The van der Waals surface area contributed by atoms with Crippen molar-refractivity contribution in [3.63, 3.8) is 0 Å². The number of carboxylic acid groups (broad SMARTS) is 1. The van der Waals surface area contributed by atoms with Crippen molar-refractivity contribution in [2.75, 3.05) is 6.54 Å². The Morgan fingerprint density at radius 1 is 1.40 bits per heavy atom. The number of amides is 3. The fourth-order valence-electron chi connectivity index (χ4n) is 3.02. The molecular formula is C14H22N2O4. The van der Waals surface area contributed by atoms with Crippen molar-refractivity contribution < 1.29 is 19.5 Å². The number of carboxylic acids is 1. The van der Waals surface area contributed by atoms with E-state index in [0.29, 0.717) is 18.8 Å². The fraction of sp³-hybridized carbons (Fsp3) is 0.786. The molecule has 0 bridgehead atoms. The summed E-state index contributed by atoms with van der Waals surface area (Å²) < 4.78 is 0. The highest BCUT2D eigenvalue weighted by atomic mass is 16.4. The molecule has 2 fully saturated rings. The van der Waals surface area contributed by atoms with Crippen LogP contribution in [0.2, 0.25) is 0 Å². The molecule has 1 heterocycles. The second kappa shape index (κ2) is 4.75. The Labute approximate surface area is 118 Å². The summed E-state index contributed by atoms with van der Waals surface area (Å²) in [4.78, 5) is 37.0. The van der Waals surface area contributed by atoms with Gasteiger partial charge in [0.1, 0.15) is 5.54 Å². The number of carbonyl (C=O) groups excluding carboxylic acids is 2. The number of hydrogen-bond acceptors (Lipinski definition) is 3. The fourth-order valence-corrected chi connectivity index (χ4v) is 3.02. The van der Waals surface area contributed by atoms with Crippen LogP contribution < -0.4 is 5.32 Å². The third-order valence-electron chi connectivity index (χ3n) is 4.64. The highest BCUT2D eigenvalue weighted by molar-refractivity contribution is 6.07. The highest BCUT2D eigenvalue weighted by Crippen LogP contribution is 2.40. The summed E-state index contributed by atoms with van der Waals surface area (Å²) >= 11 is 0. The van der Waals surface area contributed by atoms with Gasteiger partial charge in [0.2, 0.25) is 0 Å². The standard InChI is InChI=1S/C14H22N2O4/c1-9-4-6-14(7-5-9)10(17)15-12(20)16(14)8-13(2,3)11(18)19/h9H,4-8H2,1-3H3,(H,18,19)(H,15,17,20). The lowest BCUT2D eigenvalue weighted by Crippen LogP contribution is -2.55. The largest absolute Gasteiger partial charge is 0.481 e. The minimum Gasteiger partial charge on any atom is -0.481 e. The third kappa shape index (κ3) is 2.27. The molecule has 20 heavy (non-hydrogen) atoms. The van der Waals surface area contributed by atoms with Gasteiger partial charge in [-0.15, -0.1) is 0 Å². The second-order valence-corrected chi connectivity index (χ2v) is 6.75. The van der Waals surface area contributed by atoms with Crippen LogP contribution in [0.4, 0.5) is 4.79 Å². The molecule has 3 amide bonds. The summed E-state index contributed by atoms with van der Waals surface area (Å²) in [6.45, 7) is 5.33. The summed E-state index contributed by atoms with van der Waals surface area (Å²) in [5, 5.41) is 11.6. The Hall–Kier alpha value is -1.59. The molecule has 2 rings (SSSR count). The Bertz CT molecular complexity index is 450. The van der Waals surface area contributed by atoms with Crippen molar-refractivity contribution >= 4 is 17.9 Å². The minimum absolute atomic E-state index is 0.0499. The van der Waals surface area contributed by atoms with E-state index in [2.05, 4.69) is 12.2 Å². The van der Waals surface area contributed by atoms with Gasteiger partial charge in [-0.2, -0.15) is 0 Å². The normalized spacial score (nSPS) is 30.8. The maximum Gasteiger partial charge on any atom is 0.325 e. The highest BCUT2D eigenvalue weighted by Gasteiger charge is 2.55. The minimum atomic E-state index is -1.07. The molecule has 6 nitrogen and oxygen atoms in total. The van der Waals surface area contributed by atoms with Gasteiger partial charge in [-0.05, 0) is 45.4 Å². The lowest BCUT2D eigenvalue weighted by molar-refractivity contribution is -0.149. The zero-order chi connectivity index (χ0) is 15.1. The number of carbonyl (C=O) groups is 3. The number of urea groups is 1. The number of aliphatic carboxylic acids is 1. The maximum absolute atomic E-state index is 12.2. The Balaban J connectivity index is 2.27. The van der Waals surface area contributed by atoms with Crippen molar-refractivity contribution in [2.45, 2.75) is 52.0 Å². The summed E-state index contributed by atoms with van der Waals surface area (Å²) in [6, 6.07) is -0.459. The number of nitrogens with zero attached hydrogens (tertiary/aromatic N) is 1. The summed E-state index contributed by atoms with van der Waals surface area (Å²) in [7, 11) is 0. The Kier molecular flexibility index (Phi) is 3.52. The van der Waals surface area contributed by atoms with E-state index < -0.39 is 23.0 Å². The van der Waals surface area contributed by atoms with Crippen molar-refractivity contribution in [3.8, 4) is 0 Å². The molecule has 1 saturated heterocycles. The zero-order valence-electron chi connectivity index (χ0n) is 12.2. The van der Waals surface area contributed by atoms with E-state index >= 15 is 0 Å². The molecule has 0 aromatic heterocycles. The van der Waals surface area contributed by atoms with Crippen LogP contribution in [-0.4, -0.2) is 40.0 Å². The van der Waals surface area contributed by atoms with Crippen molar-refractivity contribution in [1.82, 2.24) is 10.2 Å². The molecule has 2 N–H and O–H groups in total. The predicted octanol–water partition coefficient (Wildman–Crippen LogP) is 1.60. The maximum atomic E-state index is 12.2. The Morgan fingerprint density at radius 3 is 2.45 bits per heavy atom. The van der Waals surface area contributed by atoms with E-state index in [1.165, 1.54) is 4.90 Å². The molecule has 1 saturated carbocycles. The molecule has 0 aromatic carbocycles. The molecule has 0 aromatic rings. The zero-order valence-corrected chi connectivity index (χ0v) is 12.2. The lowest BCUT2D eigenvalue weighted by Gasteiger charge is -2.42. The first kappa shape index (κ1) is 14.8. The van der Waals surface area contributed by atoms with Crippen LogP contribution in [-0.2, 0) is 9.59 Å². The van der Waals surface area contributed by atoms with Crippen molar-refractivity contribution in [1.29, 1.82) is 0 Å². The van der Waals surface area contributed by atoms with Gasteiger partial charge < -0.3 is 10.0 Å². The summed E-state index contributed by atoms with van der Waals surface area (Å²) in [5.41, 5.74) is -1.91. The third-order valence-corrected chi connectivity index (χ3v) is 4.64. The molecule has 6 heteroatoms. The van der Waals surface area contributed by atoms with E-state index in [9.17, 15) is 19.5 Å². The number of rotatable bonds is 3. The van der Waals surface area contributed by atoms with E-state index in [-0.39, 0.29) is 12.5 Å². The molecule has 112 valence electrons. The van der Waals surface area contributed by atoms with Gasteiger partial charge in [0, 0.05) is 6.54 Å². The van der Waals surface area contributed by atoms with Crippen LogP contribution in [0.25, 0.3) is 0 Å². The summed E-state index contributed by atoms with van der Waals surface area (Å²) in [6.07, 6.45) is 2.98. The number of imide groups is 1. The van der Waals surface area contributed by atoms with E-state index in [1.807, 2.05) is 0 Å². The van der Waals surface area contributed by atoms with Gasteiger partial charge in [0.05, 0.1) is 5.41 Å². The quantitative estimate of drug-likeness (QED) is 0.770. The second-order valence-electron chi connectivity index (χ2n) is 6.75. The lowest BCUT2D eigenvalue weighted by atomic mass is 9.75. The molecule has 1 spiro atoms. The van der Waals surface area contributed by atoms with E-state index in [1.54, 1.807) is 13.8 Å². The van der Waals surface area contributed by atoms with Crippen molar-refractivity contribution in [2.24, 2.45) is 11.3 Å². The van der Waals surface area contributed by atoms with Crippen molar-refractivity contribution in [3.05, 3.63) is 0 Å². The molecular weight excluding hydrogens is 260 g/mol. The van der Waals surface area contributed by atoms with Crippen LogP contribution in [0.15, 0.2) is 0 Å². The van der Waals surface area contributed by atoms with Crippen LogP contribution in [0.3, 0.4) is 0 Å². The molecule has 1 aliphatic carbocycles. The van der Waals surface area contributed by atoms with Gasteiger partial charge in [-0.1, -0.05) is 6.92 Å². The summed E-state index contributed by atoms with van der Waals surface area (Å²) in [5.74, 6) is -0.696. The van der Waals surface area contributed by atoms with Crippen LogP contribution in [0.5, 0.6) is 0 Å². The monoisotopic (exact) mass is 282 g/mol. The number of hydrogen-bond donors (Lipinski definition) is 2. The molecule has 0 unspecified atom stereocenters. The predicted molar refractivity (Wildman–Crippen MR) is 72.0 cm³/mol. The van der Waals surface area contributed by atoms with Gasteiger partial charge in [0.15, 0.2) is 0 Å². The van der Waals surface area contributed by atoms with Gasteiger partial charge in [-0.3, -0.25) is 14.9 Å². The van der Waals surface area contributed by atoms with Gasteiger partial charge >= 0.3 is 12.0 Å². The Morgan fingerprint density at radius 2 is 1.95 bits per heavy atom. The molecule has 0 atom stereocenters. The molecule has 1 aliphatic heterocycles. The average Bonchev–Trinajstić information content (AvgIpc) is 2.57.